The van der Waals surface area contributed by atoms with Crippen molar-refractivity contribution in [1.29, 1.82) is 0 Å². The van der Waals surface area contributed by atoms with E-state index < -0.39 is 6.04 Å². The van der Waals surface area contributed by atoms with Crippen LogP contribution in [0.25, 0.3) is 6.08 Å². The van der Waals surface area contributed by atoms with Crippen molar-refractivity contribution in [2.45, 2.75) is 12.5 Å². The Morgan fingerprint density at radius 1 is 1.29 bits per heavy atom. The molecule has 2 rings (SSSR count). The number of benzene rings is 1. The van der Waals surface area contributed by atoms with E-state index in [4.69, 9.17) is 9.47 Å². The first-order valence-electron chi connectivity index (χ1n) is 5.23. The molecule has 17 heavy (non-hydrogen) atoms. The van der Waals surface area contributed by atoms with Gasteiger partial charge in [0.2, 0.25) is 6.04 Å². The first kappa shape index (κ1) is 11.4. The lowest BCUT2D eigenvalue weighted by Crippen LogP contribution is -2.22. The van der Waals surface area contributed by atoms with E-state index in [2.05, 4.69) is 0 Å². The fourth-order valence-corrected chi connectivity index (χ4v) is 2.01. The normalized spacial score (nSPS) is 17.4. The standard InChI is InChI=1S/C12H13NO4/c1-16-11-5-6-12(17-2)10-7-8(13(14)15)3-4-9(10)11/h3-6,8H,7H2,1-2H3. The van der Waals surface area contributed by atoms with E-state index in [1.54, 1.807) is 38.5 Å². The number of rotatable bonds is 3. The monoisotopic (exact) mass is 235 g/mol. The lowest BCUT2D eigenvalue weighted by molar-refractivity contribution is -0.508. The largest absolute Gasteiger partial charge is 0.496 e. The van der Waals surface area contributed by atoms with Crippen molar-refractivity contribution < 1.29 is 14.4 Å². The maximum absolute atomic E-state index is 10.8. The highest BCUT2D eigenvalue weighted by molar-refractivity contribution is 5.67. The van der Waals surface area contributed by atoms with Crippen LogP contribution >= 0.6 is 0 Å². The van der Waals surface area contributed by atoms with Crippen LogP contribution in [0.1, 0.15) is 11.1 Å². The highest BCUT2D eigenvalue weighted by atomic mass is 16.6. The molecule has 1 aliphatic carbocycles. The molecule has 0 aliphatic heterocycles. The number of methoxy groups -OCH3 is 2. The molecule has 0 radical (unpaired) electrons. The lowest BCUT2D eigenvalue weighted by Gasteiger charge is -2.19. The van der Waals surface area contributed by atoms with E-state index in [0.717, 1.165) is 11.1 Å². The fraction of sp³-hybridized carbons (Fsp3) is 0.333. The van der Waals surface area contributed by atoms with Crippen molar-refractivity contribution >= 4 is 6.08 Å². The molecule has 0 bridgehead atoms. The van der Waals surface area contributed by atoms with Gasteiger partial charge in [0.05, 0.1) is 14.2 Å². The third-order valence-electron chi connectivity index (χ3n) is 2.88. The van der Waals surface area contributed by atoms with Gasteiger partial charge < -0.3 is 9.47 Å². The Morgan fingerprint density at radius 2 is 1.94 bits per heavy atom. The van der Waals surface area contributed by atoms with Crippen molar-refractivity contribution in [2.75, 3.05) is 14.2 Å². The van der Waals surface area contributed by atoms with Gasteiger partial charge in [0.15, 0.2) is 0 Å². The predicted octanol–water partition coefficient (Wildman–Crippen LogP) is 1.92. The SMILES string of the molecule is COc1ccc(OC)c2c1C=CC([N+](=O)[O-])C2. The first-order valence-corrected chi connectivity index (χ1v) is 5.23. The molecule has 1 aromatic carbocycles. The average molecular weight is 235 g/mol. The van der Waals surface area contributed by atoms with E-state index >= 15 is 0 Å². The highest BCUT2D eigenvalue weighted by Gasteiger charge is 2.26. The molecule has 0 saturated heterocycles. The third-order valence-corrected chi connectivity index (χ3v) is 2.88. The minimum absolute atomic E-state index is 0.293. The van der Waals surface area contributed by atoms with Gasteiger partial charge in [-0.3, -0.25) is 10.1 Å². The number of nitrogens with zero attached hydrogens (tertiary/aromatic N) is 1. The smallest absolute Gasteiger partial charge is 0.235 e. The van der Waals surface area contributed by atoms with Crippen LogP contribution in [0, 0.1) is 10.1 Å². The van der Waals surface area contributed by atoms with E-state index in [0.29, 0.717) is 17.9 Å². The Balaban J connectivity index is 2.50. The second-order valence-electron chi connectivity index (χ2n) is 3.78. The molecule has 1 aliphatic rings. The summed E-state index contributed by atoms with van der Waals surface area (Å²) in [4.78, 5) is 10.5. The summed E-state index contributed by atoms with van der Waals surface area (Å²) in [6.45, 7) is 0. The van der Waals surface area contributed by atoms with Gasteiger partial charge in [-0.25, -0.2) is 0 Å². The van der Waals surface area contributed by atoms with Crippen molar-refractivity contribution in [2.24, 2.45) is 0 Å². The number of ether oxygens (including phenoxy) is 2. The van der Waals surface area contributed by atoms with Gasteiger partial charge in [0.1, 0.15) is 11.5 Å². The Hall–Kier alpha value is -2.04. The van der Waals surface area contributed by atoms with Crippen molar-refractivity contribution in [3.8, 4) is 11.5 Å². The Labute approximate surface area is 98.8 Å². The molecule has 5 heteroatoms. The van der Waals surface area contributed by atoms with Crippen molar-refractivity contribution in [3.05, 3.63) is 39.4 Å². The van der Waals surface area contributed by atoms with Gasteiger partial charge in [0.25, 0.3) is 0 Å². The van der Waals surface area contributed by atoms with Crippen LogP contribution in [-0.4, -0.2) is 25.2 Å². The number of hydrogen-bond donors (Lipinski definition) is 0. The van der Waals surface area contributed by atoms with Crippen LogP contribution in [0.2, 0.25) is 0 Å². The minimum Gasteiger partial charge on any atom is -0.496 e. The number of hydrogen-bond acceptors (Lipinski definition) is 4. The minimum atomic E-state index is -0.691. The summed E-state index contributed by atoms with van der Waals surface area (Å²) < 4.78 is 10.5. The van der Waals surface area contributed by atoms with Crippen LogP contribution < -0.4 is 9.47 Å². The van der Waals surface area contributed by atoms with Gasteiger partial charge >= 0.3 is 0 Å². The lowest BCUT2D eigenvalue weighted by atomic mass is 9.93. The molecule has 1 aromatic rings. The summed E-state index contributed by atoms with van der Waals surface area (Å²) in [5, 5.41) is 10.8. The maximum Gasteiger partial charge on any atom is 0.235 e. The topological polar surface area (TPSA) is 61.6 Å². The Morgan fingerprint density at radius 3 is 2.53 bits per heavy atom. The molecule has 0 amide bonds. The van der Waals surface area contributed by atoms with Crippen LogP contribution in [-0.2, 0) is 6.42 Å². The van der Waals surface area contributed by atoms with E-state index in [1.165, 1.54) is 0 Å². The fourth-order valence-electron chi connectivity index (χ4n) is 2.01. The molecule has 0 spiro atoms. The summed E-state index contributed by atoms with van der Waals surface area (Å²) >= 11 is 0. The Kier molecular flexibility index (Phi) is 2.99. The van der Waals surface area contributed by atoms with Gasteiger partial charge in [-0.05, 0) is 24.3 Å². The summed E-state index contributed by atoms with van der Waals surface area (Å²) in [5.41, 5.74) is 1.70. The highest BCUT2D eigenvalue weighted by Crippen LogP contribution is 2.35. The summed E-state index contributed by atoms with van der Waals surface area (Å²) in [7, 11) is 3.14. The van der Waals surface area contributed by atoms with Gasteiger partial charge in [-0.1, -0.05) is 0 Å². The third kappa shape index (κ3) is 1.95. The molecule has 0 fully saturated rings. The molecule has 5 nitrogen and oxygen atoms in total. The molecular formula is C12H13NO4. The second-order valence-corrected chi connectivity index (χ2v) is 3.78. The quantitative estimate of drug-likeness (QED) is 0.593. The summed E-state index contributed by atoms with van der Waals surface area (Å²) in [5.74, 6) is 1.37. The zero-order valence-corrected chi connectivity index (χ0v) is 9.67. The zero-order valence-electron chi connectivity index (χ0n) is 9.67. The van der Waals surface area contributed by atoms with Crippen LogP contribution in [0.5, 0.6) is 11.5 Å². The van der Waals surface area contributed by atoms with Gasteiger partial charge in [-0.15, -0.1) is 0 Å². The van der Waals surface area contributed by atoms with E-state index in [-0.39, 0.29) is 4.92 Å². The zero-order chi connectivity index (χ0) is 12.4. The molecule has 90 valence electrons. The molecule has 1 unspecified atom stereocenters. The maximum atomic E-state index is 10.8. The number of fused-ring (bicyclic) bond motifs is 1. The van der Waals surface area contributed by atoms with Crippen LogP contribution in [0.4, 0.5) is 0 Å². The predicted molar refractivity (Wildman–Crippen MR) is 63.1 cm³/mol. The van der Waals surface area contributed by atoms with Crippen molar-refractivity contribution in [3.63, 3.8) is 0 Å². The van der Waals surface area contributed by atoms with Gasteiger partial charge in [0, 0.05) is 22.5 Å². The molecule has 0 heterocycles. The summed E-state index contributed by atoms with van der Waals surface area (Å²) in [6, 6.07) is 2.88. The summed E-state index contributed by atoms with van der Waals surface area (Å²) in [6.07, 6.45) is 3.65. The van der Waals surface area contributed by atoms with E-state index in [1.807, 2.05) is 0 Å². The molecule has 0 N–H and O–H groups in total. The first-order chi connectivity index (χ1) is 8.17. The second kappa shape index (κ2) is 4.45. The molecular weight excluding hydrogens is 222 g/mol. The van der Waals surface area contributed by atoms with E-state index in [9.17, 15) is 10.1 Å². The van der Waals surface area contributed by atoms with Gasteiger partial charge in [-0.2, -0.15) is 0 Å². The molecule has 0 aromatic heterocycles. The Bertz CT molecular complexity index is 482. The van der Waals surface area contributed by atoms with Crippen molar-refractivity contribution in [1.82, 2.24) is 0 Å². The average Bonchev–Trinajstić information content (AvgIpc) is 2.36. The van der Waals surface area contributed by atoms with Crippen LogP contribution in [0.3, 0.4) is 0 Å². The number of nitro groups is 1. The van der Waals surface area contributed by atoms with Crippen LogP contribution in [0.15, 0.2) is 18.2 Å². The molecule has 0 saturated carbocycles. The molecule has 1 atom stereocenters.